The Morgan fingerprint density at radius 1 is 0.974 bits per heavy atom. The van der Waals surface area contributed by atoms with Crippen LogP contribution in [0.3, 0.4) is 0 Å². The maximum atomic E-state index is 13.6. The number of anilines is 1. The maximum absolute atomic E-state index is 13.6. The molecule has 3 heterocycles. The molecule has 0 aliphatic carbocycles. The molecule has 3 aromatic carbocycles. The minimum Gasteiger partial charge on any atom is -0.467 e. The molecule has 6 aromatic rings. The van der Waals surface area contributed by atoms with Crippen LogP contribution in [0.5, 0.6) is 0 Å². The highest BCUT2D eigenvalue weighted by Crippen LogP contribution is 2.30. The van der Waals surface area contributed by atoms with Gasteiger partial charge >= 0.3 is 6.03 Å². The summed E-state index contributed by atoms with van der Waals surface area (Å²) in [6, 6.07) is 21.2. The van der Waals surface area contributed by atoms with Crippen molar-refractivity contribution in [1.82, 2.24) is 24.6 Å². The van der Waals surface area contributed by atoms with Gasteiger partial charge < -0.3 is 15.1 Å². The van der Waals surface area contributed by atoms with E-state index in [1.807, 2.05) is 60.4 Å². The lowest BCUT2D eigenvalue weighted by atomic mass is 10.0. The Morgan fingerprint density at radius 3 is 2.58 bits per heavy atom. The number of nitrogens with zero attached hydrogens (tertiary/aromatic N) is 4. The molecule has 2 N–H and O–H groups in total. The smallest absolute Gasteiger partial charge is 0.319 e. The number of aromatic nitrogens is 4. The summed E-state index contributed by atoms with van der Waals surface area (Å²) in [4.78, 5) is 17.3. The Morgan fingerprint density at radius 2 is 1.82 bits per heavy atom. The highest BCUT2D eigenvalue weighted by molar-refractivity contribution is 5.91. The molecule has 3 aromatic heterocycles. The Kier molecular flexibility index (Phi) is 5.93. The molecule has 8 nitrogen and oxygen atoms in total. The van der Waals surface area contributed by atoms with Crippen molar-refractivity contribution in [2.24, 2.45) is 7.05 Å². The molecule has 0 aliphatic heterocycles. The first-order chi connectivity index (χ1) is 18.5. The van der Waals surface area contributed by atoms with E-state index in [0.717, 1.165) is 39.0 Å². The first-order valence-corrected chi connectivity index (χ1v) is 12.0. The van der Waals surface area contributed by atoms with Gasteiger partial charge in [0.05, 0.1) is 30.0 Å². The highest BCUT2D eigenvalue weighted by atomic mass is 19.1. The molecule has 9 heteroatoms. The largest absolute Gasteiger partial charge is 0.467 e. The summed E-state index contributed by atoms with van der Waals surface area (Å²) >= 11 is 0. The number of benzene rings is 3. The van der Waals surface area contributed by atoms with Gasteiger partial charge in [0.2, 0.25) is 0 Å². The molecule has 2 amide bonds. The zero-order valence-corrected chi connectivity index (χ0v) is 20.4. The Hall–Kier alpha value is -5.18. The van der Waals surface area contributed by atoms with E-state index in [1.165, 1.54) is 12.1 Å². The molecule has 188 valence electrons. The van der Waals surface area contributed by atoms with Crippen molar-refractivity contribution in [3.8, 4) is 27.9 Å². The summed E-state index contributed by atoms with van der Waals surface area (Å²) in [6.45, 7) is 0.259. The SMILES string of the molecule is Cn1cc(-c2ccc3c(c2)ncn3-c2cc(NC(=O)NCc3ccco3)cc(-c3ccc(F)cc3)c2)cn1. The van der Waals surface area contributed by atoms with Crippen LogP contribution in [0.15, 0.2) is 102 Å². The number of carbonyl (C=O) groups is 1. The Bertz CT molecular complexity index is 1740. The lowest BCUT2D eigenvalue weighted by molar-refractivity contribution is 0.251. The molecule has 0 atom stereocenters. The van der Waals surface area contributed by atoms with Crippen LogP contribution in [0.1, 0.15) is 5.76 Å². The normalized spacial score (nSPS) is 11.1. The van der Waals surface area contributed by atoms with Gasteiger partial charge in [-0.1, -0.05) is 18.2 Å². The minimum atomic E-state index is -0.375. The van der Waals surface area contributed by atoms with Crippen molar-refractivity contribution in [3.05, 3.63) is 109 Å². The van der Waals surface area contributed by atoms with E-state index in [0.29, 0.717) is 11.4 Å². The molecule has 0 unspecified atom stereocenters. The third-order valence-corrected chi connectivity index (χ3v) is 6.22. The van der Waals surface area contributed by atoms with E-state index in [2.05, 4.69) is 20.7 Å². The van der Waals surface area contributed by atoms with Crippen LogP contribution in [0.25, 0.3) is 39.0 Å². The Labute approximate surface area is 217 Å². The lowest BCUT2D eigenvalue weighted by Crippen LogP contribution is -2.28. The second kappa shape index (κ2) is 9.70. The van der Waals surface area contributed by atoms with Crippen LogP contribution < -0.4 is 10.6 Å². The predicted molar refractivity (Wildman–Crippen MR) is 143 cm³/mol. The van der Waals surface area contributed by atoms with Gasteiger partial charge in [-0.25, -0.2) is 14.2 Å². The van der Waals surface area contributed by atoms with E-state index < -0.39 is 0 Å². The molecule has 0 spiro atoms. The van der Waals surface area contributed by atoms with E-state index in [-0.39, 0.29) is 18.4 Å². The topological polar surface area (TPSA) is 89.9 Å². The van der Waals surface area contributed by atoms with E-state index >= 15 is 0 Å². The summed E-state index contributed by atoms with van der Waals surface area (Å²) < 4.78 is 22.6. The van der Waals surface area contributed by atoms with Gasteiger partial charge in [0.1, 0.15) is 17.9 Å². The third-order valence-electron chi connectivity index (χ3n) is 6.22. The van der Waals surface area contributed by atoms with Crippen LogP contribution in [0, 0.1) is 5.82 Å². The molecule has 0 fully saturated rings. The van der Waals surface area contributed by atoms with Crippen LogP contribution in [0.2, 0.25) is 0 Å². The van der Waals surface area contributed by atoms with Crippen molar-refractivity contribution in [2.45, 2.75) is 6.54 Å². The second-order valence-electron chi connectivity index (χ2n) is 8.88. The quantitative estimate of drug-likeness (QED) is 0.284. The van der Waals surface area contributed by atoms with Crippen molar-refractivity contribution in [1.29, 1.82) is 0 Å². The fourth-order valence-electron chi connectivity index (χ4n) is 4.36. The van der Waals surface area contributed by atoms with Gasteiger partial charge in [-0.3, -0.25) is 9.25 Å². The molecule has 0 saturated heterocycles. The first kappa shape index (κ1) is 23.2. The monoisotopic (exact) mass is 506 g/mol. The number of furan rings is 1. The molecular weight excluding hydrogens is 483 g/mol. The zero-order chi connectivity index (χ0) is 26.1. The number of fused-ring (bicyclic) bond motifs is 1. The average molecular weight is 507 g/mol. The van der Waals surface area contributed by atoms with Gasteiger partial charge in [-0.2, -0.15) is 5.10 Å². The summed E-state index contributed by atoms with van der Waals surface area (Å²) in [5, 5.41) is 9.94. The second-order valence-corrected chi connectivity index (χ2v) is 8.88. The number of hydrogen-bond acceptors (Lipinski definition) is 4. The Balaban J connectivity index is 1.36. The van der Waals surface area contributed by atoms with Gasteiger partial charge in [0.25, 0.3) is 0 Å². The molecule has 0 radical (unpaired) electrons. The molecule has 6 rings (SSSR count). The summed E-state index contributed by atoms with van der Waals surface area (Å²) in [6.07, 6.45) is 7.09. The number of hydrogen-bond donors (Lipinski definition) is 2. The van der Waals surface area contributed by atoms with E-state index in [4.69, 9.17) is 4.42 Å². The maximum Gasteiger partial charge on any atom is 0.319 e. The van der Waals surface area contributed by atoms with Gasteiger partial charge in [-0.15, -0.1) is 0 Å². The zero-order valence-electron chi connectivity index (χ0n) is 20.4. The number of aryl methyl sites for hydroxylation is 1. The molecular formula is C29H23FN6O2. The van der Waals surface area contributed by atoms with Crippen LogP contribution in [-0.4, -0.2) is 25.4 Å². The number of carbonyl (C=O) groups excluding carboxylic acids is 1. The van der Waals surface area contributed by atoms with Crippen LogP contribution in [0.4, 0.5) is 14.9 Å². The molecule has 0 saturated carbocycles. The van der Waals surface area contributed by atoms with Crippen molar-refractivity contribution >= 4 is 22.8 Å². The highest BCUT2D eigenvalue weighted by Gasteiger charge is 2.12. The van der Waals surface area contributed by atoms with Crippen LogP contribution in [-0.2, 0) is 13.6 Å². The number of amides is 2. The predicted octanol–water partition coefficient (Wildman–Crippen LogP) is 6.15. The van der Waals surface area contributed by atoms with Gasteiger partial charge in [0, 0.05) is 30.2 Å². The molecule has 38 heavy (non-hydrogen) atoms. The van der Waals surface area contributed by atoms with E-state index in [9.17, 15) is 9.18 Å². The number of urea groups is 1. The van der Waals surface area contributed by atoms with Crippen LogP contribution >= 0.6 is 0 Å². The van der Waals surface area contributed by atoms with Gasteiger partial charge in [0.15, 0.2) is 0 Å². The van der Waals surface area contributed by atoms with Crippen molar-refractivity contribution < 1.29 is 13.6 Å². The molecule has 0 bridgehead atoms. The number of nitrogens with one attached hydrogen (secondary N) is 2. The van der Waals surface area contributed by atoms with Crippen molar-refractivity contribution in [3.63, 3.8) is 0 Å². The van der Waals surface area contributed by atoms with Gasteiger partial charge in [-0.05, 0) is 71.3 Å². The number of rotatable bonds is 6. The summed E-state index contributed by atoms with van der Waals surface area (Å²) in [7, 11) is 1.88. The fourth-order valence-corrected chi connectivity index (χ4v) is 4.36. The first-order valence-electron chi connectivity index (χ1n) is 12.0. The number of imidazole rings is 1. The summed E-state index contributed by atoms with van der Waals surface area (Å²) in [5.41, 5.74) is 6.76. The lowest BCUT2D eigenvalue weighted by Gasteiger charge is -2.13. The third kappa shape index (κ3) is 4.77. The average Bonchev–Trinajstić information content (AvgIpc) is 3.68. The molecule has 0 aliphatic rings. The van der Waals surface area contributed by atoms with Crippen molar-refractivity contribution in [2.75, 3.05) is 5.32 Å². The fraction of sp³-hybridized carbons (Fsp3) is 0.0690. The van der Waals surface area contributed by atoms with E-state index in [1.54, 1.807) is 41.5 Å². The standard InChI is InChI=1S/C29H23FN6O2/c1-35-17-22(15-33-35)20-6-9-28-27(13-20)32-18-36(28)25-12-21(19-4-7-23(30)8-5-19)11-24(14-25)34-29(37)31-16-26-3-2-10-38-26/h2-15,17-18H,16H2,1H3,(H2,31,34,37). The summed E-state index contributed by atoms with van der Waals surface area (Å²) in [5.74, 6) is 0.335. The minimum absolute atomic E-state index is 0.259. The number of halogens is 1.